The number of hydrogen-bond donors (Lipinski definition) is 1. The number of nitrogen functional groups attached to an aromatic ring is 1. The summed E-state index contributed by atoms with van der Waals surface area (Å²) in [6.45, 7) is 0. The van der Waals surface area contributed by atoms with Gasteiger partial charge in [-0.05, 0) is 34.7 Å². The van der Waals surface area contributed by atoms with E-state index in [0.29, 0.717) is 11.0 Å². The molecule has 5 nitrogen and oxygen atoms in total. The Labute approximate surface area is 144 Å². The third-order valence-corrected chi connectivity index (χ3v) is 5.06. The van der Waals surface area contributed by atoms with Crippen LogP contribution in [0.2, 0.25) is 0 Å². The monoisotopic (exact) mass is 396 g/mol. The van der Waals surface area contributed by atoms with Gasteiger partial charge in [-0.2, -0.15) is 0 Å². The van der Waals surface area contributed by atoms with Gasteiger partial charge in [-0.3, -0.25) is 4.98 Å². The topological polar surface area (TPSA) is 77.8 Å². The number of fused-ring (bicyclic) bond motifs is 1. The first kappa shape index (κ1) is 15.6. The number of aromatic nitrogens is 3. The van der Waals surface area contributed by atoms with Crippen LogP contribution in [0.25, 0.3) is 11.0 Å². The van der Waals surface area contributed by atoms with Crippen LogP contribution in [0, 0.1) is 0 Å². The van der Waals surface area contributed by atoms with Gasteiger partial charge in [0.25, 0.3) is 0 Å². The highest BCUT2D eigenvalue weighted by molar-refractivity contribution is 9.10. The summed E-state index contributed by atoms with van der Waals surface area (Å²) >= 11 is 6.61. The van der Waals surface area contributed by atoms with E-state index in [1.54, 1.807) is 42.1 Å². The maximum atomic E-state index is 5.78. The molecule has 0 saturated heterocycles. The van der Waals surface area contributed by atoms with Crippen molar-refractivity contribution in [3.05, 3.63) is 34.8 Å². The van der Waals surface area contributed by atoms with Gasteiger partial charge in [-0.1, -0.05) is 11.8 Å². The zero-order valence-electron chi connectivity index (χ0n) is 11.7. The Morgan fingerprint density at radius 3 is 3.00 bits per heavy atom. The van der Waals surface area contributed by atoms with Crippen molar-refractivity contribution in [2.45, 2.75) is 16.6 Å². The van der Waals surface area contributed by atoms with Crippen LogP contribution in [0.5, 0.6) is 0 Å². The van der Waals surface area contributed by atoms with Crippen LogP contribution in [-0.2, 0) is 6.42 Å². The van der Waals surface area contributed by atoms with Crippen LogP contribution in [0.15, 0.2) is 43.7 Å². The van der Waals surface area contributed by atoms with Crippen molar-refractivity contribution in [1.82, 2.24) is 15.0 Å². The molecule has 2 N–H and O–H groups in total. The Hall–Kier alpha value is -1.25. The van der Waals surface area contributed by atoms with Gasteiger partial charge in [0.2, 0.25) is 0 Å². The van der Waals surface area contributed by atoms with Gasteiger partial charge in [0.1, 0.15) is 17.1 Å². The first-order chi connectivity index (χ1) is 10.7. The third kappa shape index (κ3) is 3.56. The maximum Gasteiger partial charge on any atom is 0.190 e. The zero-order chi connectivity index (χ0) is 15.5. The first-order valence-corrected chi connectivity index (χ1v) is 9.49. The molecule has 3 aromatic rings. The second-order valence-electron chi connectivity index (χ2n) is 4.47. The number of halogens is 1. The molecule has 8 heteroatoms. The molecule has 0 aliphatic heterocycles. The normalized spacial score (nSPS) is 11.2. The fraction of sp³-hybridized carbons (Fsp3) is 0.214. The summed E-state index contributed by atoms with van der Waals surface area (Å²) in [5.41, 5.74) is 7.57. The van der Waals surface area contributed by atoms with Crippen molar-refractivity contribution in [3.63, 3.8) is 0 Å². The molecule has 0 aliphatic rings. The molecule has 0 bridgehead atoms. The summed E-state index contributed by atoms with van der Waals surface area (Å²) < 4.78 is 6.31. The molecule has 0 aromatic carbocycles. The second kappa shape index (κ2) is 6.89. The van der Waals surface area contributed by atoms with E-state index in [4.69, 9.17) is 10.2 Å². The van der Waals surface area contributed by atoms with E-state index >= 15 is 0 Å². The lowest BCUT2D eigenvalue weighted by molar-refractivity contribution is 0.612. The number of pyridine rings is 1. The average molecular weight is 397 g/mol. The van der Waals surface area contributed by atoms with Crippen molar-refractivity contribution >= 4 is 56.2 Å². The lowest BCUT2D eigenvalue weighted by Gasteiger charge is -2.04. The molecule has 3 aromatic heterocycles. The van der Waals surface area contributed by atoms with Crippen LogP contribution in [0.3, 0.4) is 0 Å². The van der Waals surface area contributed by atoms with E-state index in [1.165, 1.54) is 0 Å². The number of hydrogen-bond acceptors (Lipinski definition) is 7. The minimum Gasteiger partial charge on any atom is -0.461 e. The Morgan fingerprint density at radius 2 is 2.18 bits per heavy atom. The first-order valence-electron chi connectivity index (χ1n) is 6.48. The Kier molecular flexibility index (Phi) is 4.90. The molecule has 3 rings (SSSR count). The van der Waals surface area contributed by atoms with E-state index in [2.05, 4.69) is 30.9 Å². The number of aryl methyl sites for hydroxylation is 1. The molecule has 0 aliphatic carbocycles. The molecule has 0 unspecified atom stereocenters. The predicted octanol–water partition coefficient (Wildman–Crippen LogP) is 4.02. The van der Waals surface area contributed by atoms with E-state index in [9.17, 15) is 0 Å². The highest BCUT2D eigenvalue weighted by Crippen LogP contribution is 2.26. The molecular weight excluding hydrogens is 384 g/mol. The van der Waals surface area contributed by atoms with E-state index in [-0.39, 0.29) is 0 Å². The fourth-order valence-electron chi connectivity index (χ4n) is 1.92. The number of anilines is 1. The average Bonchev–Trinajstić information content (AvgIpc) is 2.88. The smallest absolute Gasteiger partial charge is 0.190 e. The zero-order valence-corrected chi connectivity index (χ0v) is 15.0. The Balaban J connectivity index is 1.66. The number of furan rings is 1. The molecule has 0 radical (unpaired) electrons. The molecular formula is C14H13BrN4OS2. The number of rotatable bonds is 5. The SMILES string of the molecule is CSc1cc(N)nc(SCCc2cc3c(Br)coc3cn2)n1. The van der Waals surface area contributed by atoms with Crippen LogP contribution < -0.4 is 5.73 Å². The Morgan fingerprint density at radius 1 is 1.32 bits per heavy atom. The molecule has 0 spiro atoms. The largest absolute Gasteiger partial charge is 0.461 e. The summed E-state index contributed by atoms with van der Waals surface area (Å²) in [6.07, 6.45) is 6.22. The summed E-state index contributed by atoms with van der Waals surface area (Å²) in [5, 5.41) is 2.63. The number of nitrogens with zero attached hydrogens (tertiary/aromatic N) is 3. The number of nitrogens with two attached hydrogens (primary N) is 1. The molecule has 0 saturated carbocycles. The standard InChI is InChI=1S/C14H13BrN4OS2/c1-21-13-5-12(16)18-14(19-13)22-3-2-8-4-9-10(15)7-20-11(9)6-17-8/h4-7H,2-3H2,1H3,(H2,16,18,19). The lowest BCUT2D eigenvalue weighted by Crippen LogP contribution is -1.98. The maximum absolute atomic E-state index is 5.78. The molecule has 3 heterocycles. The molecule has 22 heavy (non-hydrogen) atoms. The lowest BCUT2D eigenvalue weighted by atomic mass is 10.2. The Bertz CT molecular complexity index is 809. The van der Waals surface area contributed by atoms with Gasteiger partial charge >= 0.3 is 0 Å². The van der Waals surface area contributed by atoms with Crippen molar-refractivity contribution < 1.29 is 4.42 Å². The van der Waals surface area contributed by atoms with Crippen molar-refractivity contribution in [2.24, 2.45) is 0 Å². The van der Waals surface area contributed by atoms with Gasteiger partial charge < -0.3 is 10.2 Å². The van der Waals surface area contributed by atoms with Crippen LogP contribution >= 0.6 is 39.5 Å². The van der Waals surface area contributed by atoms with Crippen molar-refractivity contribution in [3.8, 4) is 0 Å². The highest BCUT2D eigenvalue weighted by Gasteiger charge is 2.07. The van der Waals surface area contributed by atoms with Gasteiger partial charge in [-0.15, -0.1) is 11.8 Å². The summed E-state index contributed by atoms with van der Waals surface area (Å²) in [5.74, 6) is 1.34. The summed E-state index contributed by atoms with van der Waals surface area (Å²) in [7, 11) is 0. The molecule has 0 fully saturated rings. The van der Waals surface area contributed by atoms with Gasteiger partial charge in [0.05, 0.1) is 10.7 Å². The van der Waals surface area contributed by atoms with Crippen molar-refractivity contribution in [2.75, 3.05) is 17.7 Å². The van der Waals surface area contributed by atoms with E-state index in [1.807, 2.05) is 12.3 Å². The van der Waals surface area contributed by atoms with Crippen LogP contribution in [0.4, 0.5) is 5.82 Å². The fourth-order valence-corrected chi connectivity index (χ4v) is 3.62. The van der Waals surface area contributed by atoms with Gasteiger partial charge in [-0.25, -0.2) is 9.97 Å². The molecule has 0 amide bonds. The minimum absolute atomic E-state index is 0.503. The molecule has 0 atom stereocenters. The summed E-state index contributed by atoms with van der Waals surface area (Å²) in [6, 6.07) is 3.82. The minimum atomic E-state index is 0.503. The van der Waals surface area contributed by atoms with Gasteiger partial charge in [0.15, 0.2) is 10.7 Å². The highest BCUT2D eigenvalue weighted by atomic mass is 79.9. The van der Waals surface area contributed by atoms with Gasteiger partial charge in [0, 0.05) is 22.9 Å². The predicted molar refractivity (Wildman–Crippen MR) is 94.4 cm³/mol. The van der Waals surface area contributed by atoms with Crippen LogP contribution in [-0.4, -0.2) is 27.0 Å². The van der Waals surface area contributed by atoms with E-state index < -0.39 is 0 Å². The second-order valence-corrected chi connectivity index (χ2v) is 7.21. The number of thioether (sulfide) groups is 2. The molecule has 114 valence electrons. The van der Waals surface area contributed by atoms with E-state index in [0.717, 1.165) is 38.3 Å². The van der Waals surface area contributed by atoms with Crippen LogP contribution in [0.1, 0.15) is 5.69 Å². The quantitative estimate of drug-likeness (QED) is 0.396. The van der Waals surface area contributed by atoms with Crippen molar-refractivity contribution in [1.29, 1.82) is 0 Å². The summed E-state index contributed by atoms with van der Waals surface area (Å²) in [4.78, 5) is 13.1. The third-order valence-electron chi connectivity index (χ3n) is 2.97.